The van der Waals surface area contributed by atoms with Gasteiger partial charge in [-0.3, -0.25) is 14.4 Å². The van der Waals surface area contributed by atoms with Crippen molar-refractivity contribution in [3.05, 3.63) is 97.2 Å². The molecule has 0 N–H and O–H groups in total. The summed E-state index contributed by atoms with van der Waals surface area (Å²) >= 11 is 0. The first-order valence-electron chi connectivity index (χ1n) is 28.2. The van der Waals surface area contributed by atoms with Gasteiger partial charge in [-0.15, -0.1) is 0 Å². The highest BCUT2D eigenvalue weighted by atomic mass is 16.6. The highest BCUT2D eigenvalue weighted by molar-refractivity contribution is 5.71. The molecule has 1 atom stereocenters. The van der Waals surface area contributed by atoms with Crippen LogP contribution in [0.3, 0.4) is 0 Å². The lowest BCUT2D eigenvalue weighted by molar-refractivity contribution is -0.167. The number of ether oxygens (including phenoxy) is 3. The Kier molecular flexibility index (Phi) is 52.9. The largest absolute Gasteiger partial charge is 0.462 e. The van der Waals surface area contributed by atoms with E-state index in [2.05, 4.69) is 118 Å². The van der Waals surface area contributed by atoms with E-state index < -0.39 is 6.10 Å². The van der Waals surface area contributed by atoms with Crippen LogP contribution in [0.4, 0.5) is 0 Å². The quantitative estimate of drug-likeness (QED) is 0.0262. The molecule has 68 heavy (non-hydrogen) atoms. The van der Waals surface area contributed by atoms with Crippen LogP contribution in [-0.4, -0.2) is 37.2 Å². The molecule has 0 spiro atoms. The minimum absolute atomic E-state index is 0.0857. The van der Waals surface area contributed by atoms with E-state index in [1.807, 2.05) is 0 Å². The van der Waals surface area contributed by atoms with E-state index in [0.717, 1.165) is 135 Å². The number of carbonyl (C=O) groups excluding carboxylic acids is 3. The van der Waals surface area contributed by atoms with Crippen LogP contribution in [0, 0.1) is 0 Å². The average Bonchev–Trinajstić information content (AvgIpc) is 3.34. The Hall–Kier alpha value is -3.67. The van der Waals surface area contributed by atoms with E-state index in [-0.39, 0.29) is 31.1 Å². The van der Waals surface area contributed by atoms with Gasteiger partial charge in [0.05, 0.1) is 0 Å². The van der Waals surface area contributed by atoms with Crippen LogP contribution in [0.15, 0.2) is 97.2 Å². The zero-order chi connectivity index (χ0) is 49.3. The molecule has 0 aliphatic rings. The van der Waals surface area contributed by atoms with Gasteiger partial charge in [-0.05, 0) is 103 Å². The summed E-state index contributed by atoms with van der Waals surface area (Å²) in [5.74, 6) is -0.915. The van der Waals surface area contributed by atoms with Crippen molar-refractivity contribution in [3.8, 4) is 0 Å². The topological polar surface area (TPSA) is 78.9 Å². The minimum atomic E-state index is -0.788. The van der Waals surface area contributed by atoms with Gasteiger partial charge in [0.25, 0.3) is 0 Å². The van der Waals surface area contributed by atoms with Crippen molar-refractivity contribution in [1.82, 2.24) is 0 Å². The molecule has 0 rings (SSSR count). The van der Waals surface area contributed by atoms with Crippen LogP contribution in [0.25, 0.3) is 0 Å². The zero-order valence-electron chi connectivity index (χ0n) is 44.3. The van der Waals surface area contributed by atoms with Crippen molar-refractivity contribution < 1.29 is 28.6 Å². The molecular weight excluding hydrogens is 841 g/mol. The lowest BCUT2D eigenvalue weighted by atomic mass is 10.1. The predicted molar refractivity (Wildman–Crippen MR) is 293 cm³/mol. The van der Waals surface area contributed by atoms with E-state index in [0.29, 0.717) is 19.3 Å². The molecule has 0 aliphatic heterocycles. The smallest absolute Gasteiger partial charge is 0.306 e. The number of unbranched alkanes of at least 4 members (excludes halogenated alkanes) is 23. The predicted octanol–water partition coefficient (Wildman–Crippen LogP) is 18.9. The van der Waals surface area contributed by atoms with Crippen molar-refractivity contribution in [3.63, 3.8) is 0 Å². The Balaban J connectivity index is 4.31. The summed E-state index contributed by atoms with van der Waals surface area (Å²) in [5, 5.41) is 0. The second-order valence-corrected chi connectivity index (χ2v) is 18.5. The highest BCUT2D eigenvalue weighted by Crippen LogP contribution is 2.14. The average molecular weight is 946 g/mol. The first kappa shape index (κ1) is 64.3. The Morgan fingerprint density at radius 1 is 0.309 bits per heavy atom. The van der Waals surface area contributed by atoms with Gasteiger partial charge in [-0.1, -0.05) is 234 Å². The summed E-state index contributed by atoms with van der Waals surface area (Å²) in [7, 11) is 0. The van der Waals surface area contributed by atoms with Crippen LogP contribution in [0.2, 0.25) is 0 Å². The van der Waals surface area contributed by atoms with Gasteiger partial charge in [-0.2, -0.15) is 0 Å². The SMILES string of the molecule is CC/C=C\C/C=C\C/C=C\C/C=C\C/C=C\C/C=C\C/C=C\CCCCCCCC(=O)OCC(COC(=O)CCCCCCCCCCCC)OC(=O)CCCCCCC/C=C\CCCCCC. The van der Waals surface area contributed by atoms with E-state index in [4.69, 9.17) is 14.2 Å². The second-order valence-electron chi connectivity index (χ2n) is 18.5. The molecule has 0 amide bonds. The molecule has 0 aliphatic carbocycles. The molecule has 0 saturated carbocycles. The van der Waals surface area contributed by atoms with Gasteiger partial charge in [0.15, 0.2) is 6.10 Å². The Bertz CT molecular complexity index is 1360. The van der Waals surface area contributed by atoms with E-state index >= 15 is 0 Å². The van der Waals surface area contributed by atoms with Crippen LogP contribution >= 0.6 is 0 Å². The molecule has 0 fully saturated rings. The Morgan fingerprint density at radius 3 is 0.926 bits per heavy atom. The van der Waals surface area contributed by atoms with Crippen LogP contribution in [0.1, 0.15) is 258 Å². The van der Waals surface area contributed by atoms with Gasteiger partial charge in [0, 0.05) is 19.3 Å². The normalized spacial score (nSPS) is 12.8. The maximum atomic E-state index is 12.8. The third kappa shape index (κ3) is 53.3. The number of allylic oxidation sites excluding steroid dienone is 16. The molecule has 0 aromatic rings. The molecule has 1 unspecified atom stereocenters. The summed E-state index contributed by atoms with van der Waals surface area (Å²) in [5.41, 5.74) is 0. The fourth-order valence-corrected chi connectivity index (χ4v) is 7.59. The van der Waals surface area contributed by atoms with Crippen molar-refractivity contribution in [2.45, 2.75) is 264 Å². The minimum Gasteiger partial charge on any atom is -0.462 e. The standard InChI is InChI=1S/C62H104O6/c1-4-7-10-13-16-19-22-24-25-26-27-28-29-30-31-32-33-34-35-36-37-39-40-43-46-49-52-55-61(64)67-58-59(57-66-60(63)54-51-48-45-42-21-18-15-12-9-6-3)68-62(65)56-53-50-47-44-41-38-23-20-17-14-11-8-5-2/h7,10,16,19-20,23-25,27-28,30-31,33-34,36-37,59H,4-6,8-9,11-15,17-18,21-22,26,29,32,35,38-58H2,1-3H3/b10-7-,19-16-,23-20-,25-24-,28-27-,31-30-,34-33-,37-36-. The summed E-state index contributed by atoms with van der Waals surface area (Å²) in [6.45, 7) is 6.47. The Labute approximate surface area is 419 Å². The molecule has 388 valence electrons. The van der Waals surface area contributed by atoms with Crippen molar-refractivity contribution in [1.29, 1.82) is 0 Å². The molecule has 0 radical (unpaired) electrons. The number of hydrogen-bond acceptors (Lipinski definition) is 6. The van der Waals surface area contributed by atoms with Crippen molar-refractivity contribution in [2.24, 2.45) is 0 Å². The molecule has 6 nitrogen and oxygen atoms in total. The Morgan fingerprint density at radius 2 is 0.574 bits per heavy atom. The van der Waals surface area contributed by atoms with Crippen LogP contribution in [-0.2, 0) is 28.6 Å². The lowest BCUT2D eigenvalue weighted by Gasteiger charge is -2.18. The first-order valence-corrected chi connectivity index (χ1v) is 28.2. The van der Waals surface area contributed by atoms with Gasteiger partial charge in [0.2, 0.25) is 0 Å². The fourth-order valence-electron chi connectivity index (χ4n) is 7.59. The molecule has 6 heteroatoms. The summed E-state index contributed by atoms with van der Waals surface area (Å²) in [4.78, 5) is 38.0. The van der Waals surface area contributed by atoms with Crippen molar-refractivity contribution in [2.75, 3.05) is 13.2 Å². The summed E-state index contributed by atoms with van der Waals surface area (Å²) in [6.07, 6.45) is 74.0. The zero-order valence-corrected chi connectivity index (χ0v) is 44.3. The number of rotatable bonds is 50. The summed E-state index contributed by atoms with van der Waals surface area (Å²) in [6, 6.07) is 0. The van der Waals surface area contributed by atoms with Crippen molar-refractivity contribution >= 4 is 17.9 Å². The molecule has 0 heterocycles. The third-order valence-corrected chi connectivity index (χ3v) is 11.8. The number of carbonyl (C=O) groups is 3. The fraction of sp³-hybridized carbons (Fsp3) is 0.694. The molecular formula is C62H104O6. The maximum absolute atomic E-state index is 12.8. The van der Waals surface area contributed by atoms with E-state index in [9.17, 15) is 14.4 Å². The highest BCUT2D eigenvalue weighted by Gasteiger charge is 2.19. The monoisotopic (exact) mass is 945 g/mol. The third-order valence-electron chi connectivity index (χ3n) is 11.8. The molecule has 0 aromatic carbocycles. The van der Waals surface area contributed by atoms with Gasteiger partial charge < -0.3 is 14.2 Å². The van der Waals surface area contributed by atoms with Crippen LogP contribution in [0.5, 0.6) is 0 Å². The van der Waals surface area contributed by atoms with Gasteiger partial charge >= 0.3 is 17.9 Å². The molecule has 0 bridgehead atoms. The lowest BCUT2D eigenvalue weighted by Crippen LogP contribution is -2.30. The molecule has 0 saturated heterocycles. The second kappa shape index (κ2) is 55.9. The van der Waals surface area contributed by atoms with E-state index in [1.54, 1.807) is 0 Å². The summed E-state index contributed by atoms with van der Waals surface area (Å²) < 4.78 is 16.8. The van der Waals surface area contributed by atoms with E-state index in [1.165, 1.54) is 83.5 Å². The number of esters is 3. The van der Waals surface area contributed by atoms with Crippen LogP contribution < -0.4 is 0 Å². The van der Waals surface area contributed by atoms with Gasteiger partial charge in [-0.25, -0.2) is 0 Å². The first-order chi connectivity index (χ1) is 33.5. The molecule has 0 aromatic heterocycles. The number of hydrogen-bond donors (Lipinski definition) is 0. The maximum Gasteiger partial charge on any atom is 0.306 e. The van der Waals surface area contributed by atoms with Gasteiger partial charge in [0.1, 0.15) is 13.2 Å².